The molecule has 0 aliphatic rings. The lowest BCUT2D eigenvalue weighted by molar-refractivity contribution is -0.735. The molecule has 108 valence electrons. The van der Waals surface area contributed by atoms with Crippen molar-refractivity contribution >= 4 is 12.0 Å². The van der Waals surface area contributed by atoms with Gasteiger partial charge in [0.2, 0.25) is 6.29 Å². The van der Waals surface area contributed by atoms with E-state index in [-0.39, 0.29) is 12.0 Å². The maximum absolute atomic E-state index is 12.5. The van der Waals surface area contributed by atoms with E-state index < -0.39 is 33.1 Å². The van der Waals surface area contributed by atoms with Crippen molar-refractivity contribution in [1.82, 2.24) is 0 Å². The van der Waals surface area contributed by atoms with E-state index in [0.29, 0.717) is 6.07 Å². The quantitative estimate of drug-likeness (QED) is 0.393. The number of hydroxylamine groups is 1. The van der Waals surface area contributed by atoms with Crippen LogP contribution in [0.15, 0.2) is 35.7 Å². The molecule has 0 aromatic heterocycles. The first-order chi connectivity index (χ1) is 9.18. The molecule has 1 aromatic carbocycles. The number of nitrogens with one attached hydrogen (secondary N) is 1. The van der Waals surface area contributed by atoms with Gasteiger partial charge in [-0.1, -0.05) is 6.07 Å². The third kappa shape index (κ3) is 3.39. The zero-order valence-electron chi connectivity index (χ0n) is 10.1. The van der Waals surface area contributed by atoms with Gasteiger partial charge in [-0.3, -0.25) is 14.9 Å². The molecule has 0 radical (unpaired) electrons. The molecule has 0 aliphatic carbocycles. The highest BCUT2D eigenvalue weighted by Crippen LogP contribution is 2.30. The van der Waals surface area contributed by atoms with Crippen LogP contribution >= 0.6 is 0 Å². The number of hydrogen-bond donors (Lipinski definition) is 1. The number of benzene rings is 1. The van der Waals surface area contributed by atoms with Crippen LogP contribution in [0.2, 0.25) is 0 Å². The first-order valence-corrected chi connectivity index (χ1v) is 5.21. The highest BCUT2D eigenvalue weighted by molar-refractivity contribution is 5.70. The Balaban J connectivity index is 3.25. The fourth-order valence-corrected chi connectivity index (χ4v) is 1.44. The van der Waals surface area contributed by atoms with Crippen LogP contribution in [0.4, 0.5) is 18.9 Å². The number of allylic oxidation sites excluding steroid dienone is 2. The van der Waals surface area contributed by atoms with E-state index in [4.69, 9.17) is 0 Å². The normalized spacial score (nSPS) is 14.4. The summed E-state index contributed by atoms with van der Waals surface area (Å²) in [6, 6.07) is 3.44. The van der Waals surface area contributed by atoms with E-state index in [1.54, 1.807) is 0 Å². The number of rotatable bonds is 4. The molecule has 0 bridgehead atoms. The van der Waals surface area contributed by atoms with Crippen LogP contribution in [-0.4, -0.2) is 11.2 Å². The minimum absolute atomic E-state index is 0.124. The Kier molecular flexibility index (Phi) is 4.58. The van der Waals surface area contributed by atoms with Crippen molar-refractivity contribution in [3.63, 3.8) is 0 Å². The van der Waals surface area contributed by atoms with Crippen LogP contribution in [0.1, 0.15) is 12.5 Å². The van der Waals surface area contributed by atoms with Gasteiger partial charge in [-0.15, -0.1) is 0 Å². The molecule has 0 saturated carbocycles. The van der Waals surface area contributed by atoms with Crippen molar-refractivity contribution in [2.24, 2.45) is 0 Å². The predicted octanol–water partition coefficient (Wildman–Crippen LogP) is 1.43. The zero-order chi connectivity index (χ0) is 15.5. The Morgan fingerprint density at radius 3 is 2.45 bits per heavy atom. The first-order valence-electron chi connectivity index (χ1n) is 5.21. The summed E-state index contributed by atoms with van der Waals surface area (Å²) in [5.74, 6) is 0. The molecule has 9 heteroatoms. The number of nitrogens with zero attached hydrogens (tertiary/aromatic N) is 1. The third-order valence-electron chi connectivity index (χ3n) is 2.49. The number of quaternary nitrogens is 1. The second-order valence-corrected chi connectivity index (χ2v) is 3.79. The van der Waals surface area contributed by atoms with Crippen LogP contribution < -0.4 is 5.06 Å². The van der Waals surface area contributed by atoms with Gasteiger partial charge in [0.05, 0.1) is 10.5 Å². The molecule has 0 aliphatic heterocycles. The van der Waals surface area contributed by atoms with Crippen LogP contribution in [0.5, 0.6) is 0 Å². The van der Waals surface area contributed by atoms with Crippen molar-refractivity contribution in [3.8, 4) is 0 Å². The topological polar surface area (TPSA) is 87.7 Å². The maximum atomic E-state index is 12.5. The largest absolute Gasteiger partial charge is 0.623 e. The Morgan fingerprint density at radius 2 is 2.00 bits per heavy atom. The Morgan fingerprint density at radius 1 is 1.40 bits per heavy atom. The first kappa shape index (κ1) is 15.8. The van der Waals surface area contributed by atoms with Crippen molar-refractivity contribution in [2.45, 2.75) is 13.1 Å². The molecule has 1 atom stereocenters. The number of aldehydes is 1. The molecule has 0 fully saturated rings. The number of carbonyl (C=O) groups is 1. The molecule has 1 rings (SSSR count). The summed E-state index contributed by atoms with van der Waals surface area (Å²) in [5, 5.41) is 21.4. The van der Waals surface area contributed by atoms with Crippen molar-refractivity contribution in [3.05, 3.63) is 56.5 Å². The van der Waals surface area contributed by atoms with Gasteiger partial charge >= 0.3 is 11.9 Å². The van der Waals surface area contributed by atoms with Gasteiger partial charge < -0.3 is 10.3 Å². The smallest absolute Gasteiger partial charge is 0.416 e. The minimum Gasteiger partial charge on any atom is -0.623 e. The standard InChI is InChI=1S/C11H9F3N2O4/c1-7(10(6-17)16(19)20)15(18)9-4-2-3-8(5-9)11(12,13)14/h2-6,15H,1H3/b10-7+. The predicted molar refractivity (Wildman–Crippen MR) is 61.2 cm³/mol. The number of alkyl halides is 3. The Hall–Kier alpha value is -2.26. The van der Waals surface area contributed by atoms with Crippen molar-refractivity contribution < 1.29 is 28.0 Å². The summed E-state index contributed by atoms with van der Waals surface area (Å²) >= 11 is 0. The van der Waals surface area contributed by atoms with Gasteiger partial charge in [-0.2, -0.15) is 13.2 Å². The van der Waals surface area contributed by atoms with Crippen LogP contribution in [-0.2, 0) is 11.0 Å². The molecule has 0 saturated heterocycles. The van der Waals surface area contributed by atoms with E-state index in [0.717, 1.165) is 25.1 Å². The second-order valence-electron chi connectivity index (χ2n) is 3.79. The highest BCUT2D eigenvalue weighted by Gasteiger charge is 2.31. The van der Waals surface area contributed by atoms with E-state index in [9.17, 15) is 33.3 Å². The molecule has 20 heavy (non-hydrogen) atoms. The summed E-state index contributed by atoms with van der Waals surface area (Å²) < 4.78 is 37.5. The average Bonchev–Trinajstić information content (AvgIpc) is 2.37. The Bertz CT molecular complexity index is 569. The molecule has 1 unspecified atom stereocenters. The van der Waals surface area contributed by atoms with Crippen LogP contribution in [0.3, 0.4) is 0 Å². The van der Waals surface area contributed by atoms with E-state index in [2.05, 4.69) is 0 Å². The van der Waals surface area contributed by atoms with Crippen LogP contribution in [0, 0.1) is 15.3 Å². The lowest BCUT2D eigenvalue weighted by atomic mass is 10.2. The van der Waals surface area contributed by atoms with Gasteiger partial charge in [0, 0.05) is 13.0 Å². The van der Waals surface area contributed by atoms with E-state index in [1.807, 2.05) is 0 Å². The summed E-state index contributed by atoms with van der Waals surface area (Å²) in [6.07, 6.45) is -4.76. The van der Waals surface area contributed by atoms with Gasteiger partial charge in [0.15, 0.2) is 5.70 Å². The molecule has 0 amide bonds. The average molecular weight is 290 g/mol. The zero-order valence-corrected chi connectivity index (χ0v) is 10.1. The highest BCUT2D eigenvalue weighted by atomic mass is 19.4. The molecular weight excluding hydrogens is 281 g/mol. The molecular formula is C11H9F3N2O4. The third-order valence-corrected chi connectivity index (χ3v) is 2.49. The summed E-state index contributed by atoms with van der Waals surface area (Å²) in [5.41, 5.74) is -2.93. The molecule has 6 nitrogen and oxygen atoms in total. The summed E-state index contributed by atoms with van der Waals surface area (Å²) in [7, 11) is 0. The lowest BCUT2D eigenvalue weighted by Gasteiger charge is -2.21. The molecule has 1 N–H and O–H groups in total. The number of nitro groups is 1. The van der Waals surface area contributed by atoms with Gasteiger partial charge in [0.25, 0.3) is 0 Å². The van der Waals surface area contributed by atoms with Crippen molar-refractivity contribution in [1.29, 1.82) is 0 Å². The van der Waals surface area contributed by atoms with Crippen molar-refractivity contribution in [2.75, 3.05) is 0 Å². The van der Waals surface area contributed by atoms with E-state index >= 15 is 0 Å². The summed E-state index contributed by atoms with van der Waals surface area (Å²) in [4.78, 5) is 20.0. The SMILES string of the molecule is C/C(=C(/C=O)[N+](=O)[O-])[NH+]([O-])c1cccc(C(F)(F)F)c1. The number of hydrogen-bond acceptors (Lipinski definition) is 4. The van der Waals surface area contributed by atoms with Crippen LogP contribution in [0.25, 0.3) is 0 Å². The second kappa shape index (κ2) is 5.80. The van der Waals surface area contributed by atoms with E-state index in [1.165, 1.54) is 0 Å². The fourth-order valence-electron chi connectivity index (χ4n) is 1.44. The summed E-state index contributed by atoms with van der Waals surface area (Å²) in [6.45, 7) is 1.01. The Labute approximate surface area is 110 Å². The lowest BCUT2D eigenvalue weighted by Crippen LogP contribution is -3.00. The fraction of sp³-hybridized carbons (Fsp3) is 0.182. The number of carbonyl (C=O) groups excluding carboxylic acids is 1. The van der Waals surface area contributed by atoms with Gasteiger partial charge in [-0.25, -0.2) is 0 Å². The maximum Gasteiger partial charge on any atom is 0.416 e. The molecule has 0 spiro atoms. The minimum atomic E-state index is -4.63. The molecule has 1 aromatic rings. The van der Waals surface area contributed by atoms with Gasteiger partial charge in [-0.05, 0) is 12.1 Å². The number of halogens is 3. The van der Waals surface area contributed by atoms with Gasteiger partial charge in [0.1, 0.15) is 5.69 Å². The molecule has 0 heterocycles. The monoisotopic (exact) mass is 290 g/mol.